The molecule has 0 spiro atoms. The van der Waals surface area contributed by atoms with Gasteiger partial charge in [-0.2, -0.15) is 5.26 Å². The number of nitriles is 1. The molecule has 0 aliphatic rings. The van der Waals surface area contributed by atoms with Crippen LogP contribution in [0.15, 0.2) is 48.7 Å². The van der Waals surface area contributed by atoms with Crippen molar-refractivity contribution < 1.29 is 0 Å². The molecule has 0 saturated heterocycles. The largest absolute Gasteiger partial charge is 0.360 e. The smallest absolute Gasteiger partial charge is 0.101 e. The third kappa shape index (κ3) is 3.91. The number of anilines is 1. The maximum absolute atomic E-state index is 9.19. The minimum Gasteiger partial charge on any atom is -0.360 e. The van der Waals surface area contributed by atoms with Gasteiger partial charge in [0.15, 0.2) is 0 Å². The first-order valence-corrected chi connectivity index (χ1v) is 6.81. The second kappa shape index (κ2) is 6.67. The molecule has 0 aliphatic heterocycles. The number of rotatable bonds is 3. The van der Waals surface area contributed by atoms with Crippen molar-refractivity contribution in [1.82, 2.24) is 0 Å². The zero-order valence-electron chi connectivity index (χ0n) is 10.2. The Labute approximate surface area is 132 Å². The van der Waals surface area contributed by atoms with Crippen LogP contribution in [-0.4, -0.2) is 0 Å². The van der Waals surface area contributed by atoms with Crippen molar-refractivity contribution in [2.75, 3.05) is 5.32 Å². The standard InChI is InChI=1S/C15H9Cl3N2/c16-12-3-1-10(2-4-12)11(8-19)9-20-15-6-13(17)5-14(18)7-15/h1-7,9,20H/b11-9+. The van der Waals surface area contributed by atoms with Gasteiger partial charge in [-0.1, -0.05) is 46.9 Å². The Morgan fingerprint density at radius 2 is 1.55 bits per heavy atom. The maximum Gasteiger partial charge on any atom is 0.101 e. The van der Waals surface area contributed by atoms with Crippen molar-refractivity contribution in [3.63, 3.8) is 0 Å². The van der Waals surface area contributed by atoms with Crippen molar-refractivity contribution in [2.24, 2.45) is 0 Å². The number of allylic oxidation sites excluding steroid dienone is 1. The summed E-state index contributed by atoms with van der Waals surface area (Å²) in [5.74, 6) is 0. The highest BCUT2D eigenvalue weighted by Crippen LogP contribution is 2.23. The predicted octanol–water partition coefficient (Wildman–Crippen LogP) is 5.62. The number of benzene rings is 2. The van der Waals surface area contributed by atoms with Crippen LogP contribution in [0.3, 0.4) is 0 Å². The van der Waals surface area contributed by atoms with E-state index in [1.54, 1.807) is 48.7 Å². The van der Waals surface area contributed by atoms with Crippen LogP contribution >= 0.6 is 34.8 Å². The second-order valence-corrected chi connectivity index (χ2v) is 5.29. The van der Waals surface area contributed by atoms with E-state index < -0.39 is 0 Å². The van der Waals surface area contributed by atoms with Gasteiger partial charge in [-0.25, -0.2) is 0 Å². The molecule has 0 aliphatic carbocycles. The number of nitrogens with zero attached hydrogens (tertiary/aromatic N) is 1. The zero-order chi connectivity index (χ0) is 14.5. The van der Waals surface area contributed by atoms with Gasteiger partial charge in [0.05, 0.1) is 5.57 Å². The van der Waals surface area contributed by atoms with E-state index in [0.29, 0.717) is 26.3 Å². The highest BCUT2D eigenvalue weighted by molar-refractivity contribution is 6.35. The van der Waals surface area contributed by atoms with Gasteiger partial charge in [-0.15, -0.1) is 0 Å². The first kappa shape index (κ1) is 14.7. The molecular weight excluding hydrogens is 315 g/mol. The van der Waals surface area contributed by atoms with E-state index >= 15 is 0 Å². The summed E-state index contributed by atoms with van der Waals surface area (Å²) in [4.78, 5) is 0. The van der Waals surface area contributed by atoms with Gasteiger partial charge in [0.2, 0.25) is 0 Å². The molecule has 0 radical (unpaired) electrons. The van der Waals surface area contributed by atoms with Gasteiger partial charge in [-0.3, -0.25) is 0 Å². The molecule has 0 unspecified atom stereocenters. The van der Waals surface area contributed by atoms with Gasteiger partial charge < -0.3 is 5.32 Å². The molecule has 0 fully saturated rings. The molecule has 0 saturated carbocycles. The summed E-state index contributed by atoms with van der Waals surface area (Å²) < 4.78 is 0. The van der Waals surface area contributed by atoms with E-state index in [0.717, 1.165) is 5.56 Å². The van der Waals surface area contributed by atoms with Crippen molar-refractivity contribution in [1.29, 1.82) is 5.26 Å². The van der Waals surface area contributed by atoms with Crippen molar-refractivity contribution in [3.05, 3.63) is 69.3 Å². The summed E-state index contributed by atoms with van der Waals surface area (Å²) in [6, 6.07) is 14.2. The summed E-state index contributed by atoms with van der Waals surface area (Å²) in [6.07, 6.45) is 1.60. The average molecular weight is 324 g/mol. The Hall–Kier alpha value is -1.66. The maximum atomic E-state index is 9.19. The van der Waals surface area contributed by atoms with Gasteiger partial charge in [0.25, 0.3) is 0 Å². The van der Waals surface area contributed by atoms with Crippen LogP contribution in [0.25, 0.3) is 5.57 Å². The molecule has 0 aromatic heterocycles. The molecule has 0 bridgehead atoms. The van der Waals surface area contributed by atoms with E-state index in [9.17, 15) is 5.26 Å². The number of hydrogen-bond acceptors (Lipinski definition) is 2. The van der Waals surface area contributed by atoms with Gasteiger partial charge in [-0.05, 0) is 35.9 Å². The minimum atomic E-state index is 0.484. The third-order valence-corrected chi connectivity index (χ3v) is 3.21. The molecule has 2 rings (SSSR count). The first-order chi connectivity index (χ1) is 9.58. The average Bonchev–Trinajstić information content (AvgIpc) is 2.40. The molecule has 20 heavy (non-hydrogen) atoms. The number of nitrogens with one attached hydrogen (secondary N) is 1. The first-order valence-electron chi connectivity index (χ1n) is 5.67. The molecule has 100 valence electrons. The third-order valence-electron chi connectivity index (χ3n) is 2.52. The van der Waals surface area contributed by atoms with Crippen LogP contribution in [-0.2, 0) is 0 Å². The summed E-state index contributed by atoms with van der Waals surface area (Å²) in [7, 11) is 0. The highest BCUT2D eigenvalue weighted by atomic mass is 35.5. The van der Waals surface area contributed by atoms with Crippen LogP contribution < -0.4 is 5.32 Å². The summed E-state index contributed by atoms with van der Waals surface area (Å²) in [5, 5.41) is 13.9. The lowest BCUT2D eigenvalue weighted by molar-refractivity contribution is 1.50. The normalized spacial score (nSPS) is 11.0. The number of halogens is 3. The van der Waals surface area contributed by atoms with Crippen LogP contribution in [0.5, 0.6) is 0 Å². The zero-order valence-corrected chi connectivity index (χ0v) is 12.5. The highest BCUT2D eigenvalue weighted by Gasteiger charge is 2.01. The van der Waals surface area contributed by atoms with Gasteiger partial charge >= 0.3 is 0 Å². The Balaban J connectivity index is 2.24. The lowest BCUT2D eigenvalue weighted by Gasteiger charge is -2.04. The fourth-order valence-corrected chi connectivity index (χ4v) is 2.25. The lowest BCUT2D eigenvalue weighted by Crippen LogP contribution is -1.91. The molecule has 1 N–H and O–H groups in total. The van der Waals surface area contributed by atoms with Crippen LogP contribution in [0.1, 0.15) is 5.56 Å². The van der Waals surface area contributed by atoms with Crippen molar-refractivity contribution in [2.45, 2.75) is 0 Å². The summed E-state index contributed by atoms with van der Waals surface area (Å²) in [5.41, 5.74) is 1.97. The topological polar surface area (TPSA) is 35.8 Å². The SMILES string of the molecule is N#C/C(=C\Nc1cc(Cl)cc(Cl)c1)c1ccc(Cl)cc1. The van der Waals surface area contributed by atoms with Crippen LogP contribution in [0.2, 0.25) is 15.1 Å². The Bertz CT molecular complexity index is 665. The number of hydrogen-bond donors (Lipinski definition) is 1. The van der Waals surface area contributed by atoms with Crippen LogP contribution in [0.4, 0.5) is 5.69 Å². The minimum absolute atomic E-state index is 0.484. The Morgan fingerprint density at radius 3 is 2.10 bits per heavy atom. The quantitative estimate of drug-likeness (QED) is 0.744. The van der Waals surface area contributed by atoms with E-state index in [1.807, 2.05) is 0 Å². The van der Waals surface area contributed by atoms with Gasteiger partial charge in [0, 0.05) is 27.0 Å². The molecule has 5 heteroatoms. The predicted molar refractivity (Wildman–Crippen MR) is 85.1 cm³/mol. The Kier molecular flexibility index (Phi) is 4.92. The second-order valence-electron chi connectivity index (χ2n) is 3.98. The van der Waals surface area contributed by atoms with E-state index in [1.165, 1.54) is 0 Å². The van der Waals surface area contributed by atoms with Gasteiger partial charge in [0.1, 0.15) is 6.07 Å². The fourth-order valence-electron chi connectivity index (χ4n) is 1.60. The van der Waals surface area contributed by atoms with E-state index in [-0.39, 0.29) is 0 Å². The van der Waals surface area contributed by atoms with E-state index in [4.69, 9.17) is 34.8 Å². The van der Waals surface area contributed by atoms with Crippen LogP contribution in [0, 0.1) is 11.3 Å². The Morgan fingerprint density at radius 1 is 0.950 bits per heavy atom. The molecule has 0 heterocycles. The van der Waals surface area contributed by atoms with E-state index in [2.05, 4.69) is 11.4 Å². The monoisotopic (exact) mass is 322 g/mol. The van der Waals surface area contributed by atoms with Crippen molar-refractivity contribution >= 4 is 46.1 Å². The molecule has 2 aromatic rings. The van der Waals surface area contributed by atoms with Crippen molar-refractivity contribution in [3.8, 4) is 6.07 Å². The molecule has 0 amide bonds. The summed E-state index contributed by atoms with van der Waals surface area (Å²) >= 11 is 17.6. The molecular formula is C15H9Cl3N2. The fraction of sp³-hybridized carbons (Fsp3) is 0. The lowest BCUT2D eigenvalue weighted by atomic mass is 10.1. The molecule has 2 aromatic carbocycles. The molecule has 0 atom stereocenters. The summed E-state index contributed by atoms with van der Waals surface area (Å²) in [6.45, 7) is 0. The molecule has 2 nitrogen and oxygen atoms in total.